The van der Waals surface area contributed by atoms with Gasteiger partial charge in [-0.1, -0.05) is 6.92 Å². The van der Waals surface area contributed by atoms with Gasteiger partial charge in [0.15, 0.2) is 0 Å². The lowest BCUT2D eigenvalue weighted by Gasteiger charge is -2.39. The van der Waals surface area contributed by atoms with Crippen molar-refractivity contribution in [2.24, 2.45) is 0 Å². The van der Waals surface area contributed by atoms with E-state index in [9.17, 15) is 5.11 Å². The molecule has 2 aliphatic heterocycles. The lowest BCUT2D eigenvalue weighted by Crippen LogP contribution is -2.49. The summed E-state index contributed by atoms with van der Waals surface area (Å²) in [7, 11) is 0. The van der Waals surface area contributed by atoms with Gasteiger partial charge in [-0.3, -0.25) is 4.90 Å². The number of aliphatic hydroxyl groups excluding tert-OH is 1. The van der Waals surface area contributed by atoms with Crippen molar-refractivity contribution in [2.45, 2.75) is 63.3 Å². The molecule has 0 saturated carbocycles. The first-order valence-electron chi connectivity index (χ1n) is 5.61. The Bertz CT molecular complexity index is 234. The first-order valence-corrected chi connectivity index (χ1v) is 5.61. The Morgan fingerprint density at radius 1 is 1.43 bits per heavy atom. The van der Waals surface area contributed by atoms with Crippen LogP contribution in [0.5, 0.6) is 0 Å². The van der Waals surface area contributed by atoms with Crippen molar-refractivity contribution in [3.63, 3.8) is 0 Å². The fraction of sp³-hybridized carbons (Fsp3) is 0.909. The van der Waals surface area contributed by atoms with Crippen LogP contribution in [-0.2, 0) is 0 Å². The molecule has 0 aliphatic carbocycles. The molecule has 78 valence electrons. The zero-order valence-corrected chi connectivity index (χ0v) is 8.69. The molecule has 2 saturated heterocycles. The van der Waals surface area contributed by atoms with Crippen molar-refractivity contribution in [1.82, 2.24) is 4.90 Å². The summed E-state index contributed by atoms with van der Waals surface area (Å²) in [5.41, 5.74) is 0. The van der Waals surface area contributed by atoms with Crippen LogP contribution in [-0.4, -0.2) is 34.2 Å². The molecule has 3 nitrogen and oxygen atoms in total. The van der Waals surface area contributed by atoms with E-state index < -0.39 is 0 Å². The second-order valence-corrected chi connectivity index (χ2v) is 4.51. The highest BCUT2D eigenvalue weighted by Crippen LogP contribution is 2.37. The highest BCUT2D eigenvalue weighted by molar-refractivity contribution is 5.03. The van der Waals surface area contributed by atoms with Crippen LogP contribution in [0.4, 0.5) is 0 Å². The fourth-order valence-electron chi connectivity index (χ4n) is 3.06. The Hall–Kier alpha value is -0.590. The minimum Gasteiger partial charge on any atom is -0.393 e. The fourth-order valence-corrected chi connectivity index (χ4v) is 3.06. The molecule has 2 bridgehead atoms. The van der Waals surface area contributed by atoms with Crippen LogP contribution >= 0.6 is 0 Å². The molecule has 0 amide bonds. The van der Waals surface area contributed by atoms with E-state index in [1.807, 2.05) is 0 Å². The molecule has 2 rings (SSSR count). The molecule has 0 aromatic rings. The largest absolute Gasteiger partial charge is 0.393 e. The van der Waals surface area contributed by atoms with Crippen LogP contribution < -0.4 is 0 Å². The molecule has 0 aromatic heterocycles. The highest BCUT2D eigenvalue weighted by Gasteiger charge is 2.42. The Balaban J connectivity index is 2.11. The van der Waals surface area contributed by atoms with Gasteiger partial charge >= 0.3 is 0 Å². The third-order valence-electron chi connectivity index (χ3n) is 3.66. The molecule has 2 fully saturated rings. The smallest absolute Gasteiger partial charge is 0.0980 e. The first kappa shape index (κ1) is 9.95. The minimum atomic E-state index is -0.125. The summed E-state index contributed by atoms with van der Waals surface area (Å²) < 4.78 is 0. The predicted octanol–water partition coefficient (Wildman–Crippen LogP) is 1.28. The molecule has 0 radical (unpaired) electrons. The average molecular weight is 194 g/mol. The topological polar surface area (TPSA) is 47.3 Å². The molecule has 3 atom stereocenters. The third-order valence-corrected chi connectivity index (χ3v) is 3.66. The molecule has 0 spiro atoms. The van der Waals surface area contributed by atoms with Gasteiger partial charge in [-0.2, -0.15) is 5.26 Å². The van der Waals surface area contributed by atoms with Crippen LogP contribution in [0, 0.1) is 11.3 Å². The highest BCUT2D eigenvalue weighted by atomic mass is 16.3. The van der Waals surface area contributed by atoms with E-state index >= 15 is 0 Å². The predicted molar refractivity (Wildman–Crippen MR) is 53.6 cm³/mol. The second-order valence-electron chi connectivity index (χ2n) is 4.51. The molecule has 14 heavy (non-hydrogen) atoms. The van der Waals surface area contributed by atoms with Gasteiger partial charge in [-0.15, -0.1) is 0 Å². The number of hydrogen-bond donors (Lipinski definition) is 1. The number of fused-ring (bicyclic) bond motifs is 2. The van der Waals surface area contributed by atoms with E-state index in [0.29, 0.717) is 12.1 Å². The molecule has 0 aromatic carbocycles. The van der Waals surface area contributed by atoms with Gasteiger partial charge in [0.1, 0.15) is 0 Å². The Morgan fingerprint density at radius 2 is 2.00 bits per heavy atom. The molecular formula is C11H18N2O. The average Bonchev–Trinajstić information content (AvgIpc) is 2.45. The summed E-state index contributed by atoms with van der Waals surface area (Å²) in [6.45, 7) is 2.07. The maximum absolute atomic E-state index is 9.63. The molecule has 3 heteroatoms. The quantitative estimate of drug-likeness (QED) is 0.720. The number of rotatable bonds is 2. The van der Waals surface area contributed by atoms with E-state index in [2.05, 4.69) is 17.9 Å². The van der Waals surface area contributed by atoms with Gasteiger partial charge in [0, 0.05) is 12.1 Å². The summed E-state index contributed by atoms with van der Waals surface area (Å²) in [5, 5.41) is 18.7. The van der Waals surface area contributed by atoms with Gasteiger partial charge in [-0.25, -0.2) is 0 Å². The molecule has 1 N–H and O–H groups in total. The van der Waals surface area contributed by atoms with Crippen molar-refractivity contribution in [3.8, 4) is 6.07 Å². The Morgan fingerprint density at radius 3 is 2.43 bits per heavy atom. The zero-order chi connectivity index (χ0) is 10.1. The number of hydrogen-bond acceptors (Lipinski definition) is 3. The molecule has 2 aliphatic rings. The minimum absolute atomic E-state index is 0.0694. The summed E-state index contributed by atoms with van der Waals surface area (Å²) in [6.07, 6.45) is 4.85. The number of piperidine rings is 1. The summed E-state index contributed by atoms with van der Waals surface area (Å²) in [5.74, 6) is 0. The van der Waals surface area contributed by atoms with Crippen molar-refractivity contribution < 1.29 is 5.11 Å². The SMILES string of the molecule is CCC(C#N)N1C2CCC1CC(O)C2. The summed E-state index contributed by atoms with van der Waals surface area (Å²) in [4.78, 5) is 2.35. The lowest BCUT2D eigenvalue weighted by molar-refractivity contribution is 0.0217. The Labute approximate surface area is 85.3 Å². The van der Waals surface area contributed by atoms with Gasteiger partial charge < -0.3 is 5.11 Å². The van der Waals surface area contributed by atoms with Crippen LogP contribution in [0.25, 0.3) is 0 Å². The third kappa shape index (κ3) is 1.53. The summed E-state index contributed by atoms with van der Waals surface area (Å²) >= 11 is 0. The molecule has 2 heterocycles. The number of nitriles is 1. The maximum Gasteiger partial charge on any atom is 0.0980 e. The van der Waals surface area contributed by atoms with E-state index in [4.69, 9.17) is 5.26 Å². The van der Waals surface area contributed by atoms with Crippen LogP contribution in [0.2, 0.25) is 0 Å². The van der Waals surface area contributed by atoms with E-state index in [1.165, 1.54) is 12.8 Å². The molecular weight excluding hydrogens is 176 g/mol. The van der Waals surface area contributed by atoms with E-state index in [1.54, 1.807) is 0 Å². The van der Waals surface area contributed by atoms with Crippen molar-refractivity contribution in [3.05, 3.63) is 0 Å². The lowest BCUT2D eigenvalue weighted by atomic mass is 9.97. The Kier molecular flexibility index (Phi) is 2.76. The monoisotopic (exact) mass is 194 g/mol. The van der Waals surface area contributed by atoms with Gasteiger partial charge in [0.25, 0.3) is 0 Å². The zero-order valence-electron chi connectivity index (χ0n) is 8.69. The van der Waals surface area contributed by atoms with Crippen LogP contribution in [0.3, 0.4) is 0 Å². The van der Waals surface area contributed by atoms with Crippen LogP contribution in [0.15, 0.2) is 0 Å². The van der Waals surface area contributed by atoms with Gasteiger partial charge in [0.05, 0.1) is 18.2 Å². The normalized spacial score (nSPS) is 39.4. The van der Waals surface area contributed by atoms with E-state index in [0.717, 1.165) is 19.3 Å². The number of aliphatic hydroxyl groups is 1. The standard InChI is InChI=1S/C11H18N2O/c1-2-8(7-12)13-9-3-4-10(13)6-11(14)5-9/h8-11,14H,2-6H2,1H3. The molecule has 3 unspecified atom stereocenters. The van der Waals surface area contributed by atoms with E-state index in [-0.39, 0.29) is 12.1 Å². The van der Waals surface area contributed by atoms with Crippen molar-refractivity contribution in [1.29, 1.82) is 5.26 Å². The van der Waals surface area contributed by atoms with Crippen molar-refractivity contribution in [2.75, 3.05) is 0 Å². The van der Waals surface area contributed by atoms with Crippen LogP contribution in [0.1, 0.15) is 39.0 Å². The maximum atomic E-state index is 9.63. The second kappa shape index (κ2) is 3.88. The van der Waals surface area contributed by atoms with Gasteiger partial charge in [-0.05, 0) is 32.1 Å². The van der Waals surface area contributed by atoms with Crippen molar-refractivity contribution >= 4 is 0 Å². The first-order chi connectivity index (χ1) is 6.76. The number of nitrogens with zero attached hydrogens (tertiary/aromatic N) is 2. The summed E-state index contributed by atoms with van der Waals surface area (Å²) in [6, 6.07) is 3.38. The van der Waals surface area contributed by atoms with Gasteiger partial charge in [0.2, 0.25) is 0 Å².